The summed E-state index contributed by atoms with van der Waals surface area (Å²) in [6.07, 6.45) is -0.722. The SMILES string of the molecule is C[CH]C(F)OC(=O)c1cccc(C(=O)O)c1. The molecule has 0 saturated heterocycles. The zero-order chi connectivity index (χ0) is 12.1. The van der Waals surface area contributed by atoms with Crippen molar-refractivity contribution in [2.45, 2.75) is 13.3 Å². The van der Waals surface area contributed by atoms with Gasteiger partial charge < -0.3 is 9.84 Å². The van der Waals surface area contributed by atoms with Crippen LogP contribution in [0.15, 0.2) is 24.3 Å². The van der Waals surface area contributed by atoms with Crippen LogP contribution < -0.4 is 0 Å². The van der Waals surface area contributed by atoms with Gasteiger partial charge in [0.1, 0.15) is 0 Å². The first-order chi connectivity index (χ1) is 7.54. The van der Waals surface area contributed by atoms with E-state index < -0.39 is 18.3 Å². The van der Waals surface area contributed by atoms with Gasteiger partial charge in [0.2, 0.25) is 6.36 Å². The van der Waals surface area contributed by atoms with Gasteiger partial charge in [-0.2, -0.15) is 0 Å². The first kappa shape index (κ1) is 12.2. The monoisotopic (exact) mass is 225 g/mol. The summed E-state index contributed by atoms with van der Waals surface area (Å²) in [7, 11) is 0. The molecule has 0 aromatic heterocycles. The second kappa shape index (κ2) is 5.25. The van der Waals surface area contributed by atoms with Gasteiger partial charge in [0, 0.05) is 6.42 Å². The Hall–Kier alpha value is -1.91. The molecule has 0 saturated carbocycles. The maximum atomic E-state index is 12.7. The quantitative estimate of drug-likeness (QED) is 0.796. The van der Waals surface area contributed by atoms with Crippen molar-refractivity contribution in [2.75, 3.05) is 0 Å². The predicted molar refractivity (Wildman–Crippen MR) is 53.7 cm³/mol. The molecule has 5 heteroatoms. The molecule has 1 radical (unpaired) electrons. The Morgan fingerprint density at radius 1 is 1.44 bits per heavy atom. The van der Waals surface area contributed by atoms with Gasteiger partial charge in [-0.25, -0.2) is 14.0 Å². The zero-order valence-electron chi connectivity index (χ0n) is 8.51. The summed E-state index contributed by atoms with van der Waals surface area (Å²) in [5.74, 6) is -2.05. The lowest BCUT2D eigenvalue weighted by Gasteiger charge is -2.07. The van der Waals surface area contributed by atoms with Crippen LogP contribution in [-0.2, 0) is 4.74 Å². The third kappa shape index (κ3) is 3.05. The van der Waals surface area contributed by atoms with Crippen molar-refractivity contribution in [1.29, 1.82) is 0 Å². The van der Waals surface area contributed by atoms with Crippen molar-refractivity contribution in [3.8, 4) is 0 Å². The number of ether oxygens (including phenoxy) is 1. The van der Waals surface area contributed by atoms with Crippen LogP contribution in [0, 0.1) is 6.42 Å². The van der Waals surface area contributed by atoms with Crippen LogP contribution in [0.2, 0.25) is 0 Å². The summed E-state index contributed by atoms with van der Waals surface area (Å²) in [5, 5.41) is 8.69. The Morgan fingerprint density at radius 3 is 2.62 bits per heavy atom. The minimum absolute atomic E-state index is 0.00407. The van der Waals surface area contributed by atoms with Gasteiger partial charge in [-0.05, 0) is 18.2 Å². The number of aromatic carboxylic acids is 1. The number of benzene rings is 1. The highest BCUT2D eigenvalue weighted by molar-refractivity contribution is 5.94. The molecule has 1 rings (SSSR count). The van der Waals surface area contributed by atoms with E-state index in [-0.39, 0.29) is 11.1 Å². The molecular weight excluding hydrogens is 215 g/mol. The Bertz CT molecular complexity index is 403. The van der Waals surface area contributed by atoms with E-state index in [0.717, 1.165) is 12.5 Å². The molecular formula is C11H10FO4. The zero-order valence-corrected chi connectivity index (χ0v) is 8.51. The van der Waals surface area contributed by atoms with Gasteiger partial charge in [-0.3, -0.25) is 0 Å². The minimum Gasteiger partial charge on any atom is -0.478 e. The van der Waals surface area contributed by atoms with Crippen LogP contribution in [0.1, 0.15) is 27.6 Å². The highest BCUT2D eigenvalue weighted by Gasteiger charge is 2.14. The maximum Gasteiger partial charge on any atom is 0.340 e. The molecule has 0 aliphatic heterocycles. The molecule has 0 aliphatic carbocycles. The second-order valence-corrected chi connectivity index (χ2v) is 2.98. The van der Waals surface area contributed by atoms with Crippen molar-refractivity contribution >= 4 is 11.9 Å². The lowest BCUT2D eigenvalue weighted by molar-refractivity contribution is 0.000130. The van der Waals surface area contributed by atoms with E-state index in [2.05, 4.69) is 4.74 Å². The predicted octanol–water partition coefficient (Wildman–Crippen LogP) is 2.06. The topological polar surface area (TPSA) is 63.6 Å². The van der Waals surface area contributed by atoms with Crippen LogP contribution in [0.4, 0.5) is 4.39 Å². The van der Waals surface area contributed by atoms with Crippen LogP contribution in [0.25, 0.3) is 0 Å². The summed E-state index contributed by atoms with van der Waals surface area (Å²) in [6, 6.07) is 5.21. The summed E-state index contributed by atoms with van der Waals surface area (Å²) >= 11 is 0. The number of carboxylic acid groups (broad SMARTS) is 1. The van der Waals surface area contributed by atoms with Crippen molar-refractivity contribution in [2.24, 2.45) is 0 Å². The van der Waals surface area contributed by atoms with Crippen molar-refractivity contribution in [3.63, 3.8) is 0 Å². The molecule has 0 aliphatic rings. The van der Waals surface area contributed by atoms with Crippen LogP contribution in [0.5, 0.6) is 0 Å². The number of hydrogen-bond acceptors (Lipinski definition) is 3. The van der Waals surface area contributed by atoms with E-state index in [1.165, 1.54) is 25.1 Å². The van der Waals surface area contributed by atoms with E-state index in [1.54, 1.807) is 0 Å². The largest absolute Gasteiger partial charge is 0.478 e. The van der Waals surface area contributed by atoms with E-state index in [9.17, 15) is 14.0 Å². The molecule has 0 bridgehead atoms. The molecule has 0 spiro atoms. The number of carbonyl (C=O) groups excluding carboxylic acids is 1. The van der Waals surface area contributed by atoms with E-state index in [4.69, 9.17) is 5.11 Å². The highest BCUT2D eigenvalue weighted by Crippen LogP contribution is 2.09. The van der Waals surface area contributed by atoms with Crippen LogP contribution in [0.3, 0.4) is 0 Å². The highest BCUT2D eigenvalue weighted by atomic mass is 19.1. The first-order valence-electron chi connectivity index (χ1n) is 4.52. The number of hydrogen-bond donors (Lipinski definition) is 1. The number of carbonyl (C=O) groups is 2. The third-order valence-electron chi connectivity index (χ3n) is 1.83. The number of rotatable bonds is 4. The van der Waals surface area contributed by atoms with Gasteiger partial charge in [0.05, 0.1) is 11.1 Å². The number of halogens is 1. The molecule has 1 atom stereocenters. The van der Waals surface area contributed by atoms with Crippen molar-refractivity contribution < 1.29 is 23.8 Å². The van der Waals surface area contributed by atoms with Crippen LogP contribution >= 0.6 is 0 Å². The molecule has 0 heterocycles. The molecule has 1 aromatic rings. The maximum absolute atomic E-state index is 12.7. The molecule has 85 valence electrons. The number of esters is 1. The van der Waals surface area contributed by atoms with Crippen LogP contribution in [-0.4, -0.2) is 23.4 Å². The van der Waals surface area contributed by atoms with Gasteiger partial charge >= 0.3 is 11.9 Å². The Balaban J connectivity index is 2.83. The molecule has 0 fully saturated rings. The normalized spacial score (nSPS) is 11.9. The van der Waals surface area contributed by atoms with E-state index in [0.29, 0.717) is 0 Å². The molecule has 1 N–H and O–H groups in total. The lowest BCUT2D eigenvalue weighted by Crippen LogP contribution is -2.13. The Morgan fingerprint density at radius 2 is 2.06 bits per heavy atom. The fraction of sp³-hybridized carbons (Fsp3) is 0.182. The van der Waals surface area contributed by atoms with Crippen molar-refractivity contribution in [3.05, 3.63) is 41.8 Å². The molecule has 1 aromatic carbocycles. The van der Waals surface area contributed by atoms with Gasteiger partial charge in [-0.1, -0.05) is 13.0 Å². The summed E-state index contributed by atoms with van der Waals surface area (Å²) in [6.45, 7) is 1.41. The molecule has 16 heavy (non-hydrogen) atoms. The average Bonchev–Trinajstić information content (AvgIpc) is 2.28. The fourth-order valence-corrected chi connectivity index (χ4v) is 1.02. The summed E-state index contributed by atoms with van der Waals surface area (Å²) in [4.78, 5) is 21.9. The first-order valence-corrected chi connectivity index (χ1v) is 4.52. The minimum atomic E-state index is -1.79. The number of carboxylic acids is 1. The summed E-state index contributed by atoms with van der Waals surface area (Å²) in [5.41, 5.74) is -0.0465. The lowest BCUT2D eigenvalue weighted by atomic mass is 10.1. The van der Waals surface area contributed by atoms with E-state index in [1.807, 2.05) is 0 Å². The third-order valence-corrected chi connectivity index (χ3v) is 1.83. The Labute approximate surface area is 91.7 Å². The van der Waals surface area contributed by atoms with E-state index >= 15 is 0 Å². The van der Waals surface area contributed by atoms with Gasteiger partial charge in [-0.15, -0.1) is 0 Å². The number of alkyl halides is 1. The molecule has 0 amide bonds. The standard InChI is InChI=1S/C11H10FO4/c1-2-9(12)16-11(15)8-5-3-4-7(6-8)10(13)14/h2-6,9H,1H3,(H,13,14). The Kier molecular flexibility index (Phi) is 3.99. The molecule has 1 unspecified atom stereocenters. The van der Waals surface area contributed by atoms with Crippen molar-refractivity contribution in [1.82, 2.24) is 0 Å². The second-order valence-electron chi connectivity index (χ2n) is 2.98. The smallest absolute Gasteiger partial charge is 0.340 e. The average molecular weight is 225 g/mol. The van der Waals surface area contributed by atoms with Gasteiger partial charge in [0.25, 0.3) is 0 Å². The van der Waals surface area contributed by atoms with Gasteiger partial charge in [0.15, 0.2) is 0 Å². The fourth-order valence-electron chi connectivity index (χ4n) is 1.02. The molecule has 4 nitrogen and oxygen atoms in total. The summed E-state index contributed by atoms with van der Waals surface area (Å²) < 4.78 is 17.1.